The molecule has 0 amide bonds. The Morgan fingerprint density at radius 3 is 2.28 bits per heavy atom. The molecule has 3 aromatic rings. The van der Waals surface area contributed by atoms with Crippen molar-refractivity contribution in [3.63, 3.8) is 0 Å². The first-order chi connectivity index (χ1) is 15.6. The molecule has 0 aromatic heterocycles. The van der Waals surface area contributed by atoms with Crippen molar-refractivity contribution in [3.05, 3.63) is 84.4 Å². The summed E-state index contributed by atoms with van der Waals surface area (Å²) in [5.41, 5.74) is 6.69. The van der Waals surface area contributed by atoms with E-state index < -0.39 is 5.97 Å². The maximum Gasteiger partial charge on any atom is 0.347 e. The first-order valence-electron chi connectivity index (χ1n) is 10.4. The second-order valence-corrected chi connectivity index (χ2v) is 7.41. The van der Waals surface area contributed by atoms with Crippen molar-refractivity contribution in [2.45, 2.75) is 19.3 Å². The van der Waals surface area contributed by atoms with E-state index in [1.807, 2.05) is 48.5 Å². The number of para-hydroxylation sites is 2. The van der Waals surface area contributed by atoms with Gasteiger partial charge in [0.1, 0.15) is 22.8 Å². The number of hydrogen-bond acceptors (Lipinski definition) is 5. The molecule has 7 heteroatoms. The SMILES string of the molecule is NC(=S)Nc1cccc(OCCCCCOc2ccccc2C(=O)Oc2ccccc2)c1. The average molecular weight is 451 g/mol. The number of ether oxygens (including phenoxy) is 3. The maximum absolute atomic E-state index is 12.5. The third-order valence-corrected chi connectivity index (χ3v) is 4.58. The van der Waals surface area contributed by atoms with Crippen molar-refractivity contribution in [1.29, 1.82) is 0 Å². The lowest BCUT2D eigenvalue weighted by Crippen LogP contribution is -2.18. The minimum Gasteiger partial charge on any atom is -0.494 e. The number of esters is 1. The van der Waals surface area contributed by atoms with Crippen LogP contribution in [0.4, 0.5) is 5.69 Å². The standard InChI is InChI=1S/C25H26N2O4S/c26-25(32)27-19-10-9-13-21(18-19)29-16-7-2-8-17-30-23-15-6-5-14-22(23)24(28)31-20-11-3-1-4-12-20/h1,3-6,9-15,18H,2,7-8,16-17H2,(H3,26,27,32). The first-order valence-corrected chi connectivity index (χ1v) is 10.8. The highest BCUT2D eigenvalue weighted by atomic mass is 32.1. The van der Waals surface area contributed by atoms with E-state index in [2.05, 4.69) is 5.32 Å². The molecule has 0 aliphatic carbocycles. The van der Waals surface area contributed by atoms with Gasteiger partial charge in [0.05, 0.1) is 13.2 Å². The van der Waals surface area contributed by atoms with Crippen LogP contribution in [0.25, 0.3) is 0 Å². The summed E-state index contributed by atoms with van der Waals surface area (Å²) in [6.45, 7) is 1.10. The van der Waals surface area contributed by atoms with Gasteiger partial charge in [0.25, 0.3) is 0 Å². The monoisotopic (exact) mass is 450 g/mol. The molecule has 0 fully saturated rings. The summed E-state index contributed by atoms with van der Waals surface area (Å²) in [5.74, 6) is 1.34. The Morgan fingerprint density at radius 1 is 0.812 bits per heavy atom. The van der Waals surface area contributed by atoms with Gasteiger partial charge < -0.3 is 25.3 Å². The van der Waals surface area contributed by atoms with Crippen molar-refractivity contribution in [2.75, 3.05) is 18.5 Å². The van der Waals surface area contributed by atoms with Crippen molar-refractivity contribution in [3.8, 4) is 17.2 Å². The Bertz CT molecular complexity index is 1030. The zero-order valence-corrected chi connectivity index (χ0v) is 18.5. The third-order valence-electron chi connectivity index (χ3n) is 4.48. The van der Waals surface area contributed by atoms with Gasteiger partial charge in [-0.15, -0.1) is 0 Å². The number of hydrogen-bond donors (Lipinski definition) is 2. The molecule has 3 N–H and O–H groups in total. The fourth-order valence-corrected chi connectivity index (χ4v) is 3.09. The van der Waals surface area contributed by atoms with Gasteiger partial charge in [0, 0.05) is 11.8 Å². The van der Waals surface area contributed by atoms with Gasteiger partial charge in [0.15, 0.2) is 5.11 Å². The van der Waals surface area contributed by atoms with Gasteiger partial charge in [-0.05, 0) is 67.9 Å². The lowest BCUT2D eigenvalue weighted by molar-refractivity contribution is 0.0730. The molecule has 0 atom stereocenters. The van der Waals surface area contributed by atoms with Crippen LogP contribution in [-0.2, 0) is 0 Å². The molecule has 0 unspecified atom stereocenters. The highest BCUT2D eigenvalue weighted by molar-refractivity contribution is 7.80. The van der Waals surface area contributed by atoms with E-state index in [0.717, 1.165) is 30.7 Å². The second kappa shape index (κ2) is 12.3. The number of nitrogens with two attached hydrogens (primary N) is 1. The van der Waals surface area contributed by atoms with E-state index in [9.17, 15) is 4.79 Å². The number of nitrogens with one attached hydrogen (secondary N) is 1. The van der Waals surface area contributed by atoms with E-state index >= 15 is 0 Å². The molecule has 0 saturated heterocycles. The summed E-state index contributed by atoms with van der Waals surface area (Å²) in [7, 11) is 0. The molecule has 0 bridgehead atoms. The van der Waals surface area contributed by atoms with Crippen molar-refractivity contribution < 1.29 is 19.0 Å². The van der Waals surface area contributed by atoms with Crippen LogP contribution in [0.5, 0.6) is 17.2 Å². The Balaban J connectivity index is 1.38. The van der Waals surface area contributed by atoms with Crippen LogP contribution in [0.1, 0.15) is 29.6 Å². The highest BCUT2D eigenvalue weighted by Crippen LogP contribution is 2.21. The highest BCUT2D eigenvalue weighted by Gasteiger charge is 2.14. The Labute approximate surface area is 193 Å². The maximum atomic E-state index is 12.5. The minimum absolute atomic E-state index is 0.219. The summed E-state index contributed by atoms with van der Waals surface area (Å²) in [4.78, 5) is 12.5. The van der Waals surface area contributed by atoms with Gasteiger partial charge in [-0.25, -0.2) is 4.79 Å². The molecular formula is C25H26N2O4S. The number of carbonyl (C=O) groups is 1. The second-order valence-electron chi connectivity index (χ2n) is 6.97. The van der Waals surface area contributed by atoms with E-state index in [1.165, 1.54) is 0 Å². The van der Waals surface area contributed by atoms with Crippen molar-refractivity contribution in [2.24, 2.45) is 5.73 Å². The quantitative estimate of drug-likeness (QED) is 0.180. The topological polar surface area (TPSA) is 82.8 Å². The lowest BCUT2D eigenvalue weighted by Gasteiger charge is -2.11. The molecule has 0 radical (unpaired) electrons. The van der Waals surface area contributed by atoms with Gasteiger partial charge >= 0.3 is 5.97 Å². The van der Waals surface area contributed by atoms with Crippen LogP contribution in [-0.4, -0.2) is 24.3 Å². The molecule has 0 aliphatic heterocycles. The number of rotatable bonds is 11. The van der Waals surface area contributed by atoms with Crippen LogP contribution >= 0.6 is 12.2 Å². The fraction of sp³-hybridized carbons (Fsp3) is 0.200. The summed E-state index contributed by atoms with van der Waals surface area (Å²) in [5, 5.41) is 3.10. The number of benzene rings is 3. The van der Waals surface area contributed by atoms with E-state index in [-0.39, 0.29) is 5.11 Å². The van der Waals surface area contributed by atoms with Gasteiger partial charge in [0.2, 0.25) is 0 Å². The predicted molar refractivity (Wildman–Crippen MR) is 130 cm³/mol. The number of unbranched alkanes of at least 4 members (excludes halogenated alkanes) is 2. The fourth-order valence-electron chi connectivity index (χ4n) is 2.97. The zero-order valence-electron chi connectivity index (χ0n) is 17.7. The number of carbonyl (C=O) groups excluding carboxylic acids is 1. The van der Waals surface area contributed by atoms with Gasteiger partial charge in [-0.2, -0.15) is 0 Å². The summed E-state index contributed by atoms with van der Waals surface area (Å²) < 4.78 is 17.0. The summed E-state index contributed by atoms with van der Waals surface area (Å²) >= 11 is 4.84. The van der Waals surface area contributed by atoms with Crippen molar-refractivity contribution >= 4 is 29.0 Å². The third kappa shape index (κ3) is 7.59. The molecule has 32 heavy (non-hydrogen) atoms. The first kappa shape index (κ1) is 23.1. The van der Waals surface area contributed by atoms with Gasteiger partial charge in [-0.1, -0.05) is 36.4 Å². The average Bonchev–Trinajstić information content (AvgIpc) is 2.79. The van der Waals surface area contributed by atoms with E-state index in [1.54, 1.807) is 30.3 Å². The molecule has 0 aliphatic rings. The zero-order chi connectivity index (χ0) is 22.6. The van der Waals surface area contributed by atoms with Crippen LogP contribution < -0.4 is 25.3 Å². The Morgan fingerprint density at radius 2 is 1.50 bits per heavy atom. The van der Waals surface area contributed by atoms with Crippen LogP contribution in [0, 0.1) is 0 Å². The molecule has 3 aromatic carbocycles. The molecule has 0 heterocycles. The molecule has 3 rings (SSSR count). The summed E-state index contributed by atoms with van der Waals surface area (Å²) in [6.07, 6.45) is 2.66. The smallest absolute Gasteiger partial charge is 0.347 e. The van der Waals surface area contributed by atoms with Gasteiger partial charge in [-0.3, -0.25) is 0 Å². The Hall–Kier alpha value is -3.58. The minimum atomic E-state index is -0.438. The van der Waals surface area contributed by atoms with Crippen LogP contribution in [0.3, 0.4) is 0 Å². The van der Waals surface area contributed by atoms with E-state index in [4.69, 9.17) is 32.2 Å². The number of thiocarbonyl (C=S) groups is 1. The van der Waals surface area contributed by atoms with Crippen LogP contribution in [0.15, 0.2) is 78.9 Å². The van der Waals surface area contributed by atoms with E-state index in [0.29, 0.717) is 30.3 Å². The Kier molecular flexibility index (Phi) is 8.89. The summed E-state index contributed by atoms with van der Waals surface area (Å²) in [6, 6.07) is 23.6. The van der Waals surface area contributed by atoms with Crippen LogP contribution in [0.2, 0.25) is 0 Å². The molecule has 6 nitrogen and oxygen atoms in total. The molecule has 0 saturated carbocycles. The normalized spacial score (nSPS) is 10.2. The predicted octanol–water partition coefficient (Wildman–Crippen LogP) is 5.19. The molecule has 166 valence electrons. The number of anilines is 1. The lowest BCUT2D eigenvalue weighted by atomic mass is 10.2. The van der Waals surface area contributed by atoms with Crippen molar-refractivity contribution in [1.82, 2.24) is 0 Å². The molecule has 0 spiro atoms. The largest absolute Gasteiger partial charge is 0.494 e. The molecular weight excluding hydrogens is 424 g/mol.